The van der Waals surface area contributed by atoms with E-state index >= 15 is 0 Å². The van der Waals surface area contributed by atoms with Crippen LogP contribution < -0.4 is 0 Å². The van der Waals surface area contributed by atoms with Crippen molar-refractivity contribution in [2.24, 2.45) is 0 Å². The van der Waals surface area contributed by atoms with Crippen molar-refractivity contribution in [3.63, 3.8) is 0 Å². The summed E-state index contributed by atoms with van der Waals surface area (Å²) >= 11 is 5.96. The normalized spacial score (nSPS) is 11.1. The Labute approximate surface area is 108 Å². The van der Waals surface area contributed by atoms with Crippen molar-refractivity contribution in [2.45, 2.75) is 6.92 Å². The molecule has 3 aromatic rings. The van der Waals surface area contributed by atoms with Crippen molar-refractivity contribution in [3.05, 3.63) is 52.8 Å². The molecule has 1 aromatic heterocycles. The molecule has 1 N–H and O–H groups in total. The summed E-state index contributed by atoms with van der Waals surface area (Å²) in [5, 5.41) is 0.0919. The average Bonchev–Trinajstić information content (AvgIpc) is 2.78. The highest BCUT2D eigenvalue weighted by Gasteiger charge is 2.12. The van der Waals surface area contributed by atoms with E-state index in [1.807, 2.05) is 25.1 Å². The lowest BCUT2D eigenvalue weighted by Gasteiger charge is -2.00. The second-order valence-electron chi connectivity index (χ2n) is 4.16. The van der Waals surface area contributed by atoms with Crippen LogP contribution >= 0.6 is 11.6 Å². The van der Waals surface area contributed by atoms with Crippen molar-refractivity contribution in [1.29, 1.82) is 0 Å². The van der Waals surface area contributed by atoms with E-state index in [2.05, 4.69) is 9.97 Å². The van der Waals surface area contributed by atoms with Gasteiger partial charge in [0, 0.05) is 5.56 Å². The van der Waals surface area contributed by atoms with E-state index < -0.39 is 5.82 Å². The number of hydrogen-bond donors (Lipinski definition) is 1. The number of aryl methyl sites for hydroxylation is 1. The number of fused-ring (bicyclic) bond motifs is 1. The number of H-pyrrole nitrogens is 1. The Kier molecular flexibility index (Phi) is 2.56. The molecule has 0 aliphatic rings. The van der Waals surface area contributed by atoms with Crippen LogP contribution in [-0.4, -0.2) is 9.97 Å². The van der Waals surface area contributed by atoms with Gasteiger partial charge < -0.3 is 4.98 Å². The maximum Gasteiger partial charge on any atom is 0.142 e. The van der Waals surface area contributed by atoms with Crippen LogP contribution in [0.4, 0.5) is 4.39 Å². The van der Waals surface area contributed by atoms with E-state index in [1.165, 1.54) is 6.07 Å². The number of hydrogen-bond acceptors (Lipinski definition) is 1. The molecule has 4 heteroatoms. The predicted molar refractivity (Wildman–Crippen MR) is 71.2 cm³/mol. The average molecular weight is 261 g/mol. The van der Waals surface area contributed by atoms with Crippen LogP contribution in [0.5, 0.6) is 0 Å². The first kappa shape index (κ1) is 11.2. The second kappa shape index (κ2) is 4.10. The number of imidazole rings is 1. The molecule has 0 saturated heterocycles. The van der Waals surface area contributed by atoms with Gasteiger partial charge in [0.15, 0.2) is 0 Å². The topological polar surface area (TPSA) is 28.7 Å². The number of aromatic amines is 1. The van der Waals surface area contributed by atoms with Crippen molar-refractivity contribution in [2.75, 3.05) is 0 Å². The third kappa shape index (κ3) is 1.68. The zero-order chi connectivity index (χ0) is 12.7. The Morgan fingerprint density at radius 2 is 1.94 bits per heavy atom. The van der Waals surface area contributed by atoms with Gasteiger partial charge in [-0.1, -0.05) is 29.8 Å². The Morgan fingerprint density at radius 3 is 2.72 bits per heavy atom. The zero-order valence-electron chi connectivity index (χ0n) is 9.67. The molecule has 0 atom stereocenters. The molecule has 0 amide bonds. The first-order chi connectivity index (χ1) is 8.66. The minimum atomic E-state index is -0.439. The first-order valence-corrected chi connectivity index (χ1v) is 5.94. The van der Waals surface area contributed by atoms with Gasteiger partial charge in [0.05, 0.1) is 16.1 Å². The van der Waals surface area contributed by atoms with Crippen molar-refractivity contribution in [3.8, 4) is 11.4 Å². The van der Waals surface area contributed by atoms with Crippen LogP contribution in [-0.2, 0) is 0 Å². The summed E-state index contributed by atoms with van der Waals surface area (Å²) in [6.45, 7) is 1.99. The SMILES string of the molecule is Cc1cccc2[nH]c(-c3cccc(F)c3Cl)nc12. The van der Waals surface area contributed by atoms with Crippen molar-refractivity contribution >= 4 is 22.6 Å². The third-order valence-corrected chi connectivity index (χ3v) is 3.31. The van der Waals surface area contributed by atoms with Gasteiger partial charge in [-0.3, -0.25) is 0 Å². The summed E-state index contributed by atoms with van der Waals surface area (Å²) in [7, 11) is 0. The summed E-state index contributed by atoms with van der Waals surface area (Å²) in [5.74, 6) is 0.148. The number of rotatable bonds is 1. The second-order valence-corrected chi connectivity index (χ2v) is 4.54. The molecule has 0 bridgehead atoms. The number of benzene rings is 2. The maximum absolute atomic E-state index is 13.4. The predicted octanol–water partition coefficient (Wildman–Crippen LogP) is 4.33. The fourth-order valence-electron chi connectivity index (χ4n) is 1.99. The highest BCUT2D eigenvalue weighted by Crippen LogP contribution is 2.29. The summed E-state index contributed by atoms with van der Waals surface area (Å²) in [6, 6.07) is 10.6. The van der Waals surface area contributed by atoms with Crippen LogP contribution in [0.2, 0.25) is 5.02 Å². The smallest absolute Gasteiger partial charge is 0.142 e. The molecule has 90 valence electrons. The molecule has 0 spiro atoms. The first-order valence-electron chi connectivity index (χ1n) is 5.56. The fraction of sp³-hybridized carbons (Fsp3) is 0.0714. The van der Waals surface area contributed by atoms with E-state index in [0.717, 1.165) is 16.6 Å². The van der Waals surface area contributed by atoms with E-state index in [1.54, 1.807) is 12.1 Å². The highest BCUT2D eigenvalue weighted by atomic mass is 35.5. The monoisotopic (exact) mass is 260 g/mol. The van der Waals surface area contributed by atoms with E-state index in [-0.39, 0.29) is 5.02 Å². The number of nitrogens with one attached hydrogen (secondary N) is 1. The van der Waals surface area contributed by atoms with Gasteiger partial charge in [0.2, 0.25) is 0 Å². The lowest BCUT2D eigenvalue weighted by molar-refractivity contribution is 0.628. The fourth-order valence-corrected chi connectivity index (χ4v) is 2.21. The number of para-hydroxylation sites is 1. The van der Waals surface area contributed by atoms with Gasteiger partial charge in [-0.25, -0.2) is 9.37 Å². The van der Waals surface area contributed by atoms with Crippen LogP contribution in [0.25, 0.3) is 22.4 Å². The molecule has 18 heavy (non-hydrogen) atoms. The van der Waals surface area contributed by atoms with Gasteiger partial charge in [-0.05, 0) is 30.7 Å². The third-order valence-electron chi connectivity index (χ3n) is 2.92. The largest absolute Gasteiger partial charge is 0.338 e. The summed E-state index contributed by atoms with van der Waals surface area (Å²) < 4.78 is 13.4. The lowest BCUT2D eigenvalue weighted by atomic mass is 10.2. The van der Waals surface area contributed by atoms with Gasteiger partial charge in [-0.15, -0.1) is 0 Å². The maximum atomic E-state index is 13.4. The van der Waals surface area contributed by atoms with E-state index in [4.69, 9.17) is 11.6 Å². The standard InChI is InChI=1S/C14H10ClFN2/c1-8-4-2-7-11-13(8)18-14(17-11)9-5-3-6-10(16)12(9)15/h2-7H,1H3,(H,17,18). The van der Waals surface area contributed by atoms with Crippen LogP contribution in [0.1, 0.15) is 5.56 Å². The summed E-state index contributed by atoms with van der Waals surface area (Å²) in [5.41, 5.74) is 3.45. The van der Waals surface area contributed by atoms with E-state index in [9.17, 15) is 4.39 Å². The molecule has 1 heterocycles. The molecule has 0 radical (unpaired) electrons. The molecule has 0 aliphatic heterocycles. The van der Waals surface area contributed by atoms with Crippen molar-refractivity contribution in [1.82, 2.24) is 9.97 Å². The van der Waals surface area contributed by atoms with Crippen LogP contribution in [0, 0.1) is 12.7 Å². The Balaban J connectivity index is 2.26. The number of aromatic nitrogens is 2. The zero-order valence-corrected chi connectivity index (χ0v) is 10.4. The van der Waals surface area contributed by atoms with E-state index in [0.29, 0.717) is 11.4 Å². The summed E-state index contributed by atoms with van der Waals surface area (Å²) in [6.07, 6.45) is 0. The highest BCUT2D eigenvalue weighted by molar-refractivity contribution is 6.33. The molecular weight excluding hydrogens is 251 g/mol. The number of halogens is 2. The van der Waals surface area contributed by atoms with Gasteiger partial charge in [-0.2, -0.15) is 0 Å². The van der Waals surface area contributed by atoms with Gasteiger partial charge in [0.1, 0.15) is 11.6 Å². The molecule has 2 aromatic carbocycles. The minimum absolute atomic E-state index is 0.0919. The van der Waals surface area contributed by atoms with Crippen LogP contribution in [0.3, 0.4) is 0 Å². The quantitative estimate of drug-likeness (QED) is 0.693. The Bertz CT molecular complexity index is 734. The Morgan fingerprint density at radius 1 is 1.17 bits per heavy atom. The van der Waals surface area contributed by atoms with Gasteiger partial charge >= 0.3 is 0 Å². The summed E-state index contributed by atoms with van der Waals surface area (Å²) in [4.78, 5) is 7.64. The van der Waals surface area contributed by atoms with Crippen molar-refractivity contribution < 1.29 is 4.39 Å². The Hall–Kier alpha value is -1.87. The minimum Gasteiger partial charge on any atom is -0.338 e. The molecule has 3 rings (SSSR count). The van der Waals surface area contributed by atoms with Crippen LogP contribution in [0.15, 0.2) is 36.4 Å². The lowest BCUT2D eigenvalue weighted by Crippen LogP contribution is -1.85. The van der Waals surface area contributed by atoms with Gasteiger partial charge in [0.25, 0.3) is 0 Å². The molecule has 0 fully saturated rings. The molecule has 0 saturated carbocycles. The molecular formula is C14H10ClFN2. The molecule has 2 nitrogen and oxygen atoms in total. The number of nitrogens with zero attached hydrogens (tertiary/aromatic N) is 1. The molecule has 0 aliphatic carbocycles. The molecule has 0 unspecified atom stereocenters.